The van der Waals surface area contributed by atoms with Crippen molar-refractivity contribution < 1.29 is 19.0 Å². The van der Waals surface area contributed by atoms with Gasteiger partial charge in [0.05, 0.1) is 25.7 Å². The summed E-state index contributed by atoms with van der Waals surface area (Å²) in [6.07, 6.45) is 2.78. The van der Waals surface area contributed by atoms with Crippen molar-refractivity contribution in [1.82, 2.24) is 0 Å². The molecule has 0 unspecified atom stereocenters. The van der Waals surface area contributed by atoms with E-state index in [4.69, 9.17) is 14.2 Å². The summed E-state index contributed by atoms with van der Waals surface area (Å²) in [6, 6.07) is 0. The molecule has 1 aliphatic carbocycles. The molecular formula is C16H26O4. The van der Waals surface area contributed by atoms with Gasteiger partial charge in [0, 0.05) is 5.41 Å². The zero-order valence-electron chi connectivity index (χ0n) is 13.2. The minimum atomic E-state index is -0.151. The lowest BCUT2D eigenvalue weighted by molar-refractivity contribution is -0.144. The van der Waals surface area contributed by atoms with Crippen molar-refractivity contribution in [1.29, 1.82) is 0 Å². The van der Waals surface area contributed by atoms with Crippen LogP contribution in [-0.2, 0) is 19.0 Å². The molecule has 0 bridgehead atoms. The first-order chi connectivity index (χ1) is 9.28. The highest BCUT2D eigenvalue weighted by Gasteiger charge is 2.47. The first-order valence-corrected chi connectivity index (χ1v) is 7.40. The van der Waals surface area contributed by atoms with E-state index in [9.17, 15) is 4.79 Å². The highest BCUT2D eigenvalue weighted by atomic mass is 16.7. The molecule has 0 N–H and O–H groups in total. The van der Waals surface area contributed by atoms with Gasteiger partial charge in [-0.05, 0) is 24.3 Å². The van der Waals surface area contributed by atoms with Crippen LogP contribution in [0.3, 0.4) is 0 Å². The molecule has 0 aromatic rings. The lowest BCUT2D eigenvalue weighted by atomic mass is 9.72. The maximum absolute atomic E-state index is 11.8. The van der Waals surface area contributed by atoms with Gasteiger partial charge in [0.25, 0.3) is 0 Å². The Morgan fingerprint density at radius 3 is 2.45 bits per heavy atom. The second-order valence-corrected chi connectivity index (χ2v) is 6.97. The lowest BCUT2D eigenvalue weighted by Gasteiger charge is -2.37. The molecule has 1 fully saturated rings. The molecule has 1 aliphatic heterocycles. The maximum Gasteiger partial charge on any atom is 0.316 e. The van der Waals surface area contributed by atoms with E-state index in [1.807, 2.05) is 13.0 Å². The molecule has 4 nitrogen and oxygen atoms in total. The van der Waals surface area contributed by atoms with Gasteiger partial charge in [-0.2, -0.15) is 0 Å². The second kappa shape index (κ2) is 5.49. The third-order valence-corrected chi connectivity index (χ3v) is 4.05. The van der Waals surface area contributed by atoms with Crippen LogP contribution >= 0.6 is 0 Å². The fraction of sp³-hybridized carbons (Fsp3) is 0.812. The summed E-state index contributed by atoms with van der Waals surface area (Å²) in [5.41, 5.74) is 1.06. The maximum atomic E-state index is 11.8. The van der Waals surface area contributed by atoms with Crippen molar-refractivity contribution in [2.45, 2.75) is 47.3 Å². The monoisotopic (exact) mass is 282 g/mol. The predicted octanol–water partition coefficient (Wildman–Crippen LogP) is 2.92. The number of carbonyl (C=O) groups excluding carboxylic acids is 1. The fourth-order valence-electron chi connectivity index (χ4n) is 3.34. The largest absolute Gasteiger partial charge is 0.465 e. The molecule has 0 spiro atoms. The van der Waals surface area contributed by atoms with Crippen molar-refractivity contribution in [3.63, 3.8) is 0 Å². The van der Waals surface area contributed by atoms with Gasteiger partial charge in [0.2, 0.25) is 0 Å². The van der Waals surface area contributed by atoms with Crippen LogP contribution in [0.1, 0.15) is 41.0 Å². The van der Waals surface area contributed by atoms with Gasteiger partial charge in [0.1, 0.15) is 0 Å². The summed E-state index contributed by atoms with van der Waals surface area (Å²) in [6.45, 7) is 12.3. The van der Waals surface area contributed by atoms with Crippen LogP contribution in [0.15, 0.2) is 11.6 Å². The Bertz CT molecular complexity index is 403. The highest BCUT2D eigenvalue weighted by Crippen LogP contribution is 2.51. The zero-order valence-corrected chi connectivity index (χ0v) is 13.2. The number of hydrogen-bond acceptors (Lipinski definition) is 4. The van der Waals surface area contributed by atoms with Gasteiger partial charge in [0.15, 0.2) is 6.29 Å². The lowest BCUT2D eigenvalue weighted by Crippen LogP contribution is -2.35. The SMILES string of the molecule is CCOC(=O)[C@@H]1C=C1C(C)(C)CC(C)(C)C1OCCO1. The second-order valence-electron chi connectivity index (χ2n) is 6.97. The Morgan fingerprint density at radius 2 is 1.90 bits per heavy atom. The van der Waals surface area contributed by atoms with Crippen LogP contribution in [0.2, 0.25) is 0 Å². The molecule has 0 aromatic carbocycles. The molecular weight excluding hydrogens is 256 g/mol. The molecule has 20 heavy (non-hydrogen) atoms. The van der Waals surface area contributed by atoms with E-state index >= 15 is 0 Å². The van der Waals surface area contributed by atoms with Gasteiger partial charge in [-0.25, -0.2) is 0 Å². The van der Waals surface area contributed by atoms with Crippen LogP contribution < -0.4 is 0 Å². The van der Waals surface area contributed by atoms with E-state index in [-0.39, 0.29) is 29.0 Å². The normalized spacial score (nSPS) is 23.6. The van der Waals surface area contributed by atoms with Crippen molar-refractivity contribution in [2.24, 2.45) is 16.7 Å². The van der Waals surface area contributed by atoms with Gasteiger partial charge in [-0.3, -0.25) is 4.79 Å². The van der Waals surface area contributed by atoms with Gasteiger partial charge < -0.3 is 14.2 Å². The van der Waals surface area contributed by atoms with Gasteiger partial charge in [-0.15, -0.1) is 0 Å². The Labute approximate surface area is 121 Å². The first kappa shape index (κ1) is 15.5. The minimum absolute atomic E-state index is 0.0454. The number of esters is 1. The summed E-state index contributed by atoms with van der Waals surface area (Å²) < 4.78 is 16.4. The van der Waals surface area contributed by atoms with E-state index < -0.39 is 0 Å². The van der Waals surface area contributed by atoms with Crippen molar-refractivity contribution >= 4 is 5.97 Å². The first-order valence-electron chi connectivity index (χ1n) is 7.40. The van der Waals surface area contributed by atoms with E-state index in [1.54, 1.807) is 0 Å². The number of rotatable bonds is 6. The Kier molecular flexibility index (Phi) is 4.26. The molecule has 0 saturated carbocycles. The van der Waals surface area contributed by atoms with Crippen molar-refractivity contribution in [2.75, 3.05) is 19.8 Å². The summed E-state index contributed by atoms with van der Waals surface area (Å²) in [5.74, 6) is -0.243. The third kappa shape index (κ3) is 3.23. The van der Waals surface area contributed by atoms with Gasteiger partial charge >= 0.3 is 5.97 Å². The van der Waals surface area contributed by atoms with E-state index in [0.29, 0.717) is 19.8 Å². The molecule has 1 heterocycles. The quantitative estimate of drug-likeness (QED) is 0.555. The number of hydrogen-bond donors (Lipinski definition) is 0. The standard InChI is InChI=1S/C16H26O4/c1-6-18-13(17)11-9-12(11)15(2,3)10-16(4,5)14-19-7-8-20-14/h9,11,14H,6-8,10H2,1-5H3/t11-/m1/s1. The Morgan fingerprint density at radius 1 is 1.30 bits per heavy atom. The predicted molar refractivity (Wildman–Crippen MR) is 76.1 cm³/mol. The van der Waals surface area contributed by atoms with Crippen LogP contribution in [0, 0.1) is 16.7 Å². The average Bonchev–Trinajstić information content (AvgIpc) is 2.96. The van der Waals surface area contributed by atoms with E-state index in [2.05, 4.69) is 27.7 Å². The molecule has 2 rings (SSSR count). The summed E-state index contributed by atoms with van der Waals surface area (Å²) in [7, 11) is 0. The molecule has 0 radical (unpaired) electrons. The summed E-state index contributed by atoms with van der Waals surface area (Å²) >= 11 is 0. The van der Waals surface area contributed by atoms with Gasteiger partial charge in [-0.1, -0.05) is 33.8 Å². The van der Waals surface area contributed by atoms with Crippen molar-refractivity contribution in [3.8, 4) is 0 Å². The van der Waals surface area contributed by atoms with Crippen molar-refractivity contribution in [3.05, 3.63) is 11.6 Å². The van der Waals surface area contributed by atoms with Crippen LogP contribution in [0.5, 0.6) is 0 Å². The molecule has 0 amide bonds. The smallest absolute Gasteiger partial charge is 0.316 e. The Balaban J connectivity index is 1.94. The molecule has 2 aliphatic rings. The molecule has 4 heteroatoms. The zero-order chi connectivity index (χ0) is 15.0. The summed E-state index contributed by atoms with van der Waals surface area (Å²) in [4.78, 5) is 11.8. The fourth-order valence-corrected chi connectivity index (χ4v) is 3.34. The number of carbonyl (C=O) groups is 1. The molecule has 1 saturated heterocycles. The van der Waals surface area contributed by atoms with E-state index in [0.717, 1.165) is 6.42 Å². The topological polar surface area (TPSA) is 44.8 Å². The minimum Gasteiger partial charge on any atom is -0.465 e. The third-order valence-electron chi connectivity index (χ3n) is 4.05. The van der Waals surface area contributed by atoms with Crippen LogP contribution in [-0.4, -0.2) is 32.1 Å². The summed E-state index contributed by atoms with van der Waals surface area (Å²) in [5, 5.41) is 0. The average molecular weight is 282 g/mol. The van der Waals surface area contributed by atoms with Crippen LogP contribution in [0.25, 0.3) is 0 Å². The van der Waals surface area contributed by atoms with Crippen LogP contribution in [0.4, 0.5) is 0 Å². The highest BCUT2D eigenvalue weighted by molar-refractivity contribution is 5.83. The number of ether oxygens (including phenoxy) is 3. The molecule has 1 atom stereocenters. The van der Waals surface area contributed by atoms with E-state index in [1.165, 1.54) is 5.57 Å². The molecule has 0 aromatic heterocycles. The molecule has 114 valence electrons. The Hall–Kier alpha value is -0.870.